The van der Waals surface area contributed by atoms with Gasteiger partial charge in [-0.05, 0) is 48.9 Å². The minimum Gasteiger partial charge on any atom is -0.481 e. The highest BCUT2D eigenvalue weighted by Crippen LogP contribution is 2.32. The summed E-state index contributed by atoms with van der Waals surface area (Å²) in [6.45, 7) is 2.02. The van der Waals surface area contributed by atoms with E-state index in [1.807, 2.05) is 19.1 Å². The van der Waals surface area contributed by atoms with Crippen molar-refractivity contribution >= 4 is 34.2 Å². The van der Waals surface area contributed by atoms with Crippen LogP contribution in [0.5, 0.6) is 5.75 Å². The summed E-state index contributed by atoms with van der Waals surface area (Å²) in [6, 6.07) is 13.9. The van der Waals surface area contributed by atoms with E-state index >= 15 is 0 Å². The fraction of sp³-hybridized carbons (Fsp3) is 0.0952. The molecule has 6 heteroatoms. The first-order chi connectivity index (χ1) is 13.0. The molecule has 0 fully saturated rings. The van der Waals surface area contributed by atoms with Gasteiger partial charge < -0.3 is 13.6 Å². The Labute approximate surface area is 164 Å². The van der Waals surface area contributed by atoms with E-state index in [2.05, 4.69) is 0 Å². The third kappa shape index (κ3) is 3.46. The molecule has 0 unspecified atom stereocenters. The molecule has 0 N–H and O–H groups in total. The largest absolute Gasteiger partial charge is 0.481 e. The number of fused-ring (bicyclic) bond motifs is 1. The molecule has 4 rings (SSSR count). The summed E-state index contributed by atoms with van der Waals surface area (Å²) in [5, 5.41) is 1.43. The topological polar surface area (TPSA) is 52.6 Å². The summed E-state index contributed by atoms with van der Waals surface area (Å²) in [5.41, 5.74) is 1.89. The van der Waals surface area contributed by atoms with Crippen LogP contribution in [-0.4, -0.2) is 0 Å². The molecule has 0 amide bonds. The zero-order valence-electron chi connectivity index (χ0n) is 14.3. The van der Waals surface area contributed by atoms with E-state index in [1.165, 1.54) is 6.26 Å². The molecule has 27 heavy (non-hydrogen) atoms. The molecule has 136 valence electrons. The highest BCUT2D eigenvalue weighted by atomic mass is 35.5. The predicted molar refractivity (Wildman–Crippen MR) is 106 cm³/mol. The number of furan rings is 1. The van der Waals surface area contributed by atoms with Gasteiger partial charge in [-0.25, -0.2) is 0 Å². The maximum absolute atomic E-state index is 13.0. The van der Waals surface area contributed by atoms with Crippen LogP contribution in [-0.2, 0) is 6.61 Å². The molecule has 0 aliphatic heterocycles. The van der Waals surface area contributed by atoms with E-state index < -0.39 is 0 Å². The van der Waals surface area contributed by atoms with Gasteiger partial charge in [0.05, 0.1) is 11.6 Å². The smallest absolute Gasteiger partial charge is 0.235 e. The number of hydrogen-bond donors (Lipinski definition) is 0. The number of rotatable bonds is 4. The van der Waals surface area contributed by atoms with Crippen LogP contribution in [0.25, 0.3) is 22.5 Å². The van der Waals surface area contributed by atoms with Gasteiger partial charge in [-0.15, -0.1) is 0 Å². The molecule has 4 nitrogen and oxygen atoms in total. The number of benzene rings is 2. The molecule has 0 aliphatic carbocycles. The Morgan fingerprint density at radius 3 is 2.67 bits per heavy atom. The summed E-state index contributed by atoms with van der Waals surface area (Å²) >= 11 is 12.1. The van der Waals surface area contributed by atoms with Crippen LogP contribution in [0.4, 0.5) is 0 Å². The van der Waals surface area contributed by atoms with Crippen molar-refractivity contribution in [1.29, 1.82) is 0 Å². The van der Waals surface area contributed by atoms with E-state index in [0.29, 0.717) is 32.3 Å². The Hall–Kier alpha value is -2.69. The molecule has 2 aromatic carbocycles. The zero-order chi connectivity index (χ0) is 19.0. The van der Waals surface area contributed by atoms with E-state index in [1.54, 1.807) is 36.4 Å². The highest BCUT2D eigenvalue weighted by Gasteiger charge is 2.20. The molecule has 4 aromatic rings. The molecule has 2 heterocycles. The standard InChI is InChI=1S/C21H14Cl2O4/c1-12-4-7-15-18(9-12)27-20(17-3-2-8-25-17)21(19(15)24)26-11-13-5-6-14(22)10-16(13)23/h2-10H,11H2,1H3. The van der Waals surface area contributed by atoms with Crippen LogP contribution < -0.4 is 10.2 Å². The Morgan fingerprint density at radius 2 is 1.93 bits per heavy atom. The fourth-order valence-electron chi connectivity index (χ4n) is 2.77. The van der Waals surface area contributed by atoms with Crippen molar-refractivity contribution in [2.24, 2.45) is 0 Å². The summed E-state index contributed by atoms with van der Waals surface area (Å²) in [7, 11) is 0. The van der Waals surface area contributed by atoms with E-state index in [9.17, 15) is 4.79 Å². The van der Waals surface area contributed by atoms with Crippen molar-refractivity contribution in [3.8, 4) is 17.3 Å². The van der Waals surface area contributed by atoms with Gasteiger partial charge in [0.25, 0.3) is 0 Å². The number of hydrogen-bond acceptors (Lipinski definition) is 4. The summed E-state index contributed by atoms with van der Waals surface area (Å²) in [5.74, 6) is 0.730. The Morgan fingerprint density at radius 1 is 1.07 bits per heavy atom. The Kier molecular flexibility index (Phi) is 4.68. The van der Waals surface area contributed by atoms with Gasteiger partial charge in [-0.3, -0.25) is 4.79 Å². The zero-order valence-corrected chi connectivity index (χ0v) is 15.8. The Bertz CT molecular complexity index is 1180. The molecule has 0 saturated carbocycles. The molecule has 0 spiro atoms. The minimum atomic E-state index is -0.271. The van der Waals surface area contributed by atoms with Gasteiger partial charge in [0.1, 0.15) is 12.2 Å². The molecule has 0 saturated heterocycles. The van der Waals surface area contributed by atoms with Gasteiger partial charge in [0, 0.05) is 15.6 Å². The SMILES string of the molecule is Cc1ccc2c(=O)c(OCc3ccc(Cl)cc3Cl)c(-c3ccco3)oc2c1. The monoisotopic (exact) mass is 400 g/mol. The normalized spacial score (nSPS) is 11.1. The Balaban J connectivity index is 1.82. The lowest BCUT2D eigenvalue weighted by molar-refractivity contribution is 0.296. The first-order valence-electron chi connectivity index (χ1n) is 8.21. The minimum absolute atomic E-state index is 0.0762. The van der Waals surface area contributed by atoms with Crippen molar-refractivity contribution < 1.29 is 13.6 Å². The van der Waals surface area contributed by atoms with E-state index in [-0.39, 0.29) is 23.5 Å². The summed E-state index contributed by atoms with van der Waals surface area (Å²) in [6.07, 6.45) is 1.51. The second kappa shape index (κ2) is 7.14. The van der Waals surface area contributed by atoms with Crippen molar-refractivity contribution in [1.82, 2.24) is 0 Å². The van der Waals surface area contributed by atoms with Crippen LogP contribution in [0, 0.1) is 6.92 Å². The van der Waals surface area contributed by atoms with Crippen molar-refractivity contribution in [3.63, 3.8) is 0 Å². The number of halogens is 2. The number of ether oxygens (including phenoxy) is 1. The molecule has 0 bridgehead atoms. The van der Waals surface area contributed by atoms with E-state index in [4.69, 9.17) is 36.8 Å². The van der Waals surface area contributed by atoms with Gasteiger partial charge in [-0.1, -0.05) is 35.3 Å². The maximum Gasteiger partial charge on any atom is 0.235 e. The highest BCUT2D eigenvalue weighted by molar-refractivity contribution is 6.35. The number of aryl methyl sites for hydroxylation is 1. The maximum atomic E-state index is 13.0. The van der Waals surface area contributed by atoms with Crippen molar-refractivity contribution in [3.05, 3.63) is 86.2 Å². The van der Waals surface area contributed by atoms with Gasteiger partial charge >= 0.3 is 0 Å². The molecule has 2 aromatic heterocycles. The summed E-state index contributed by atoms with van der Waals surface area (Å²) < 4.78 is 17.2. The lowest BCUT2D eigenvalue weighted by Crippen LogP contribution is -2.10. The second-order valence-corrected chi connectivity index (χ2v) is 6.93. The van der Waals surface area contributed by atoms with Crippen LogP contribution >= 0.6 is 23.2 Å². The summed E-state index contributed by atoms with van der Waals surface area (Å²) in [4.78, 5) is 13.0. The molecular formula is C21H14Cl2O4. The molecule has 0 atom stereocenters. The average Bonchev–Trinajstić information content (AvgIpc) is 3.16. The quantitative estimate of drug-likeness (QED) is 0.406. The first-order valence-corrected chi connectivity index (χ1v) is 8.96. The van der Waals surface area contributed by atoms with Gasteiger partial charge in [-0.2, -0.15) is 0 Å². The molecular weight excluding hydrogens is 387 g/mol. The first kappa shape index (κ1) is 17.7. The molecule has 0 radical (unpaired) electrons. The third-order valence-corrected chi connectivity index (χ3v) is 4.73. The van der Waals surface area contributed by atoms with Gasteiger partial charge in [0.15, 0.2) is 5.76 Å². The van der Waals surface area contributed by atoms with Crippen LogP contribution in [0.15, 0.2) is 68.4 Å². The van der Waals surface area contributed by atoms with Crippen LogP contribution in [0.2, 0.25) is 10.0 Å². The van der Waals surface area contributed by atoms with Crippen LogP contribution in [0.3, 0.4) is 0 Å². The van der Waals surface area contributed by atoms with Gasteiger partial charge in [0.2, 0.25) is 16.9 Å². The molecule has 0 aliphatic rings. The van der Waals surface area contributed by atoms with Crippen molar-refractivity contribution in [2.75, 3.05) is 0 Å². The second-order valence-electron chi connectivity index (χ2n) is 6.09. The van der Waals surface area contributed by atoms with Crippen LogP contribution in [0.1, 0.15) is 11.1 Å². The third-order valence-electron chi connectivity index (χ3n) is 4.14. The predicted octanol–water partition coefficient (Wildman–Crippen LogP) is 6.25. The van der Waals surface area contributed by atoms with E-state index in [0.717, 1.165) is 5.56 Å². The average molecular weight is 401 g/mol. The van der Waals surface area contributed by atoms with Crippen molar-refractivity contribution in [2.45, 2.75) is 13.5 Å². The lowest BCUT2D eigenvalue weighted by Gasteiger charge is -2.11. The lowest BCUT2D eigenvalue weighted by atomic mass is 10.1. The fourth-order valence-corrected chi connectivity index (χ4v) is 3.24.